The third-order valence-electron chi connectivity index (χ3n) is 3.40. The van der Waals surface area contributed by atoms with Gasteiger partial charge in [-0.3, -0.25) is 4.79 Å². The lowest BCUT2D eigenvalue weighted by atomic mass is 10.1. The van der Waals surface area contributed by atoms with E-state index in [-0.39, 0.29) is 0 Å². The van der Waals surface area contributed by atoms with E-state index in [2.05, 4.69) is 36.5 Å². The molecule has 0 unspecified atom stereocenters. The lowest BCUT2D eigenvalue weighted by Crippen LogP contribution is -2.11. The number of carbonyl (C=O) groups is 1. The topological polar surface area (TPSA) is 64.3 Å². The van der Waals surface area contributed by atoms with E-state index in [1.54, 1.807) is 25.3 Å². The summed E-state index contributed by atoms with van der Waals surface area (Å²) in [5, 5.41) is 3.28. The van der Waals surface area contributed by atoms with E-state index in [1.165, 1.54) is 11.1 Å². The van der Waals surface area contributed by atoms with Crippen molar-refractivity contribution in [3.05, 3.63) is 59.2 Å². The largest absolute Gasteiger partial charge is 0.495 e. The molecule has 2 aromatic rings. The fourth-order valence-corrected chi connectivity index (χ4v) is 2.09. The molecule has 110 valence electrons. The first kappa shape index (κ1) is 14.9. The lowest BCUT2D eigenvalue weighted by Gasteiger charge is -2.12. The Bertz CT molecular complexity index is 621. The molecule has 0 aliphatic rings. The Morgan fingerprint density at radius 1 is 1.14 bits per heavy atom. The average molecular weight is 284 g/mol. The van der Waals surface area contributed by atoms with E-state index in [0.29, 0.717) is 17.9 Å². The van der Waals surface area contributed by atoms with Gasteiger partial charge in [-0.1, -0.05) is 31.2 Å². The molecule has 1 amide bonds. The van der Waals surface area contributed by atoms with Crippen molar-refractivity contribution >= 4 is 11.6 Å². The van der Waals surface area contributed by atoms with Crippen molar-refractivity contribution < 1.29 is 9.53 Å². The van der Waals surface area contributed by atoms with Crippen LogP contribution in [0.25, 0.3) is 0 Å². The maximum absolute atomic E-state index is 11.3. The molecule has 0 bridgehead atoms. The Morgan fingerprint density at radius 3 is 2.38 bits per heavy atom. The predicted molar refractivity (Wildman–Crippen MR) is 84.7 cm³/mol. The van der Waals surface area contributed by atoms with Crippen molar-refractivity contribution in [1.29, 1.82) is 0 Å². The van der Waals surface area contributed by atoms with Crippen LogP contribution in [0.3, 0.4) is 0 Å². The Morgan fingerprint density at radius 2 is 1.81 bits per heavy atom. The number of aryl methyl sites for hydroxylation is 1. The Kier molecular flexibility index (Phi) is 4.82. The number of primary amides is 1. The summed E-state index contributed by atoms with van der Waals surface area (Å²) in [4.78, 5) is 11.3. The van der Waals surface area contributed by atoms with Crippen molar-refractivity contribution in [3.63, 3.8) is 0 Å². The Hall–Kier alpha value is -2.49. The molecule has 0 aliphatic heterocycles. The zero-order valence-corrected chi connectivity index (χ0v) is 12.3. The number of carbonyl (C=O) groups excluding carboxylic acids is 1. The summed E-state index contributed by atoms with van der Waals surface area (Å²) >= 11 is 0. The number of nitrogens with two attached hydrogens (primary N) is 1. The molecule has 0 saturated heterocycles. The molecule has 0 atom stereocenters. The predicted octanol–water partition coefficient (Wildman–Crippen LogP) is 2.97. The number of ether oxygens (including phenoxy) is 1. The summed E-state index contributed by atoms with van der Waals surface area (Å²) in [6.07, 6.45) is 1.03. The van der Waals surface area contributed by atoms with Crippen LogP contribution in [0.15, 0.2) is 42.5 Å². The van der Waals surface area contributed by atoms with Crippen molar-refractivity contribution in [2.45, 2.75) is 19.9 Å². The zero-order valence-electron chi connectivity index (χ0n) is 12.3. The second-order valence-corrected chi connectivity index (χ2v) is 4.80. The number of rotatable bonds is 6. The summed E-state index contributed by atoms with van der Waals surface area (Å²) in [7, 11) is 1.60. The third-order valence-corrected chi connectivity index (χ3v) is 3.40. The van der Waals surface area contributed by atoms with Gasteiger partial charge in [0.05, 0.1) is 12.8 Å². The van der Waals surface area contributed by atoms with Crippen LogP contribution in [0.1, 0.15) is 28.4 Å². The second kappa shape index (κ2) is 6.79. The molecular weight excluding hydrogens is 264 g/mol. The Labute approximate surface area is 124 Å². The number of benzene rings is 2. The van der Waals surface area contributed by atoms with Crippen molar-refractivity contribution in [3.8, 4) is 5.75 Å². The fraction of sp³-hybridized carbons (Fsp3) is 0.235. The summed E-state index contributed by atoms with van der Waals surface area (Å²) in [6, 6.07) is 13.5. The van der Waals surface area contributed by atoms with Crippen LogP contribution in [0, 0.1) is 0 Å². The molecular formula is C17H20N2O2. The van der Waals surface area contributed by atoms with Gasteiger partial charge < -0.3 is 15.8 Å². The van der Waals surface area contributed by atoms with Crippen molar-refractivity contribution in [2.75, 3.05) is 12.4 Å². The van der Waals surface area contributed by atoms with Crippen LogP contribution < -0.4 is 15.8 Å². The smallest absolute Gasteiger partial charge is 0.248 e. The number of anilines is 1. The quantitative estimate of drug-likeness (QED) is 0.857. The van der Waals surface area contributed by atoms with Gasteiger partial charge in [0.2, 0.25) is 5.91 Å². The van der Waals surface area contributed by atoms with Gasteiger partial charge in [-0.2, -0.15) is 0 Å². The molecule has 0 fully saturated rings. The van der Waals surface area contributed by atoms with Crippen LogP contribution in [-0.2, 0) is 13.0 Å². The molecule has 21 heavy (non-hydrogen) atoms. The van der Waals surface area contributed by atoms with Gasteiger partial charge in [0.25, 0.3) is 0 Å². The Balaban J connectivity index is 2.13. The first-order chi connectivity index (χ1) is 10.1. The molecule has 4 nitrogen and oxygen atoms in total. The van der Waals surface area contributed by atoms with Crippen LogP contribution in [0.2, 0.25) is 0 Å². The molecule has 3 N–H and O–H groups in total. The van der Waals surface area contributed by atoms with Crippen LogP contribution >= 0.6 is 0 Å². The third kappa shape index (κ3) is 3.75. The van der Waals surface area contributed by atoms with Gasteiger partial charge in [-0.15, -0.1) is 0 Å². The van der Waals surface area contributed by atoms with Crippen molar-refractivity contribution in [2.24, 2.45) is 5.73 Å². The summed E-state index contributed by atoms with van der Waals surface area (Å²) < 4.78 is 5.29. The minimum absolute atomic E-state index is 0.451. The summed E-state index contributed by atoms with van der Waals surface area (Å²) in [5.41, 5.74) is 9.00. The van der Waals surface area contributed by atoms with E-state index in [4.69, 9.17) is 10.5 Å². The maximum Gasteiger partial charge on any atom is 0.248 e. The van der Waals surface area contributed by atoms with Crippen LogP contribution in [0.4, 0.5) is 5.69 Å². The van der Waals surface area contributed by atoms with E-state index in [0.717, 1.165) is 12.1 Å². The zero-order chi connectivity index (χ0) is 15.2. The minimum Gasteiger partial charge on any atom is -0.495 e. The van der Waals surface area contributed by atoms with Gasteiger partial charge >= 0.3 is 0 Å². The highest BCUT2D eigenvalue weighted by molar-refractivity contribution is 5.94. The monoisotopic (exact) mass is 284 g/mol. The molecule has 0 heterocycles. The standard InChI is InChI=1S/C17H20N2O2/c1-3-12-4-6-13(7-5-12)11-19-15-10-14(17(18)20)8-9-16(15)21-2/h4-10,19H,3,11H2,1-2H3,(H2,18,20). The highest BCUT2D eigenvalue weighted by Crippen LogP contribution is 2.26. The number of nitrogens with one attached hydrogen (secondary N) is 1. The molecule has 0 aromatic heterocycles. The van der Waals surface area contributed by atoms with Gasteiger partial charge in [0.1, 0.15) is 5.75 Å². The summed E-state index contributed by atoms with van der Waals surface area (Å²) in [6.45, 7) is 2.79. The van der Waals surface area contributed by atoms with E-state index >= 15 is 0 Å². The lowest BCUT2D eigenvalue weighted by molar-refractivity contribution is 0.100. The average Bonchev–Trinajstić information content (AvgIpc) is 2.53. The molecule has 0 radical (unpaired) electrons. The highest BCUT2D eigenvalue weighted by atomic mass is 16.5. The molecule has 2 aromatic carbocycles. The molecule has 0 aliphatic carbocycles. The van der Waals surface area contributed by atoms with E-state index in [1.807, 2.05) is 0 Å². The molecule has 0 saturated carbocycles. The van der Waals surface area contributed by atoms with Gasteiger partial charge in [0, 0.05) is 12.1 Å². The first-order valence-electron chi connectivity index (χ1n) is 6.93. The number of hydrogen-bond acceptors (Lipinski definition) is 3. The highest BCUT2D eigenvalue weighted by Gasteiger charge is 2.07. The van der Waals surface area contributed by atoms with Crippen LogP contribution in [0.5, 0.6) is 5.75 Å². The van der Waals surface area contributed by atoms with Crippen LogP contribution in [-0.4, -0.2) is 13.0 Å². The SMILES string of the molecule is CCc1ccc(CNc2cc(C(N)=O)ccc2OC)cc1. The minimum atomic E-state index is -0.451. The van der Waals surface area contributed by atoms with E-state index in [9.17, 15) is 4.79 Å². The normalized spacial score (nSPS) is 10.2. The van der Waals surface area contributed by atoms with E-state index < -0.39 is 5.91 Å². The maximum atomic E-state index is 11.3. The van der Waals surface area contributed by atoms with Gasteiger partial charge in [-0.05, 0) is 35.7 Å². The molecule has 2 rings (SSSR count). The number of amides is 1. The molecule has 4 heteroatoms. The number of methoxy groups -OCH3 is 1. The fourth-order valence-electron chi connectivity index (χ4n) is 2.09. The summed E-state index contributed by atoms with van der Waals surface area (Å²) in [5.74, 6) is 0.234. The first-order valence-corrected chi connectivity index (χ1v) is 6.93. The molecule has 0 spiro atoms. The van der Waals surface area contributed by atoms with Gasteiger partial charge in [-0.25, -0.2) is 0 Å². The number of hydrogen-bond donors (Lipinski definition) is 2. The van der Waals surface area contributed by atoms with Crippen molar-refractivity contribution in [1.82, 2.24) is 0 Å². The second-order valence-electron chi connectivity index (χ2n) is 4.80. The van der Waals surface area contributed by atoms with Gasteiger partial charge in [0.15, 0.2) is 0 Å².